The van der Waals surface area contributed by atoms with Gasteiger partial charge in [-0.1, -0.05) is 36.4 Å². The zero-order chi connectivity index (χ0) is 18.6. The summed E-state index contributed by atoms with van der Waals surface area (Å²) in [4.78, 5) is 8.51. The van der Waals surface area contributed by atoms with E-state index in [1.807, 2.05) is 31.2 Å². The van der Waals surface area contributed by atoms with E-state index in [0.29, 0.717) is 18.2 Å². The molecule has 0 amide bonds. The Kier molecular flexibility index (Phi) is 5.06. The predicted molar refractivity (Wildman–Crippen MR) is 90.8 cm³/mol. The molecule has 0 spiro atoms. The Morgan fingerprint density at radius 1 is 0.769 bits per heavy atom. The normalized spacial score (nSPS) is 11.2. The maximum atomic E-state index is 12.2. The van der Waals surface area contributed by atoms with E-state index in [1.54, 1.807) is 24.5 Å². The molecule has 2 aromatic carbocycles. The molecule has 0 aliphatic rings. The maximum Gasteiger partial charge on any atom is 0.573 e. The molecule has 134 valence electrons. The molecular weight excluding hydrogens is 345 g/mol. The van der Waals surface area contributed by atoms with Gasteiger partial charge in [0, 0.05) is 5.56 Å². The summed E-state index contributed by atoms with van der Waals surface area (Å²) < 4.78 is 45.8. The first-order valence-electron chi connectivity index (χ1n) is 7.86. The lowest BCUT2D eigenvalue weighted by molar-refractivity contribution is -0.274. The fourth-order valence-electron chi connectivity index (χ4n) is 2.37. The minimum atomic E-state index is -4.69. The number of halogens is 3. The van der Waals surface area contributed by atoms with Gasteiger partial charge in [-0.3, -0.25) is 0 Å². The summed E-state index contributed by atoms with van der Waals surface area (Å²) in [7, 11) is 0. The van der Waals surface area contributed by atoms with Crippen LogP contribution in [0.4, 0.5) is 13.2 Å². The van der Waals surface area contributed by atoms with Crippen LogP contribution in [0.1, 0.15) is 6.92 Å². The number of nitrogens with zero attached hydrogens (tertiary/aromatic N) is 2. The van der Waals surface area contributed by atoms with E-state index in [1.165, 1.54) is 12.1 Å². The van der Waals surface area contributed by atoms with Crippen molar-refractivity contribution in [2.45, 2.75) is 13.3 Å². The van der Waals surface area contributed by atoms with Crippen LogP contribution in [-0.2, 0) is 0 Å². The number of benzene rings is 2. The summed E-state index contributed by atoms with van der Waals surface area (Å²) in [6.45, 7) is 2.43. The Bertz CT molecular complexity index is 846. The number of hydrogen-bond donors (Lipinski definition) is 0. The highest BCUT2D eigenvalue weighted by molar-refractivity contribution is 5.68. The van der Waals surface area contributed by atoms with Gasteiger partial charge in [-0.05, 0) is 30.2 Å². The van der Waals surface area contributed by atoms with Crippen molar-refractivity contribution in [1.82, 2.24) is 9.97 Å². The second-order valence-corrected chi connectivity index (χ2v) is 5.32. The molecular formula is C19H15F3N2O2. The molecule has 0 bridgehead atoms. The van der Waals surface area contributed by atoms with Crippen LogP contribution in [0.3, 0.4) is 0 Å². The van der Waals surface area contributed by atoms with Crippen molar-refractivity contribution >= 4 is 0 Å². The Morgan fingerprint density at radius 3 is 1.77 bits per heavy atom. The molecule has 4 nitrogen and oxygen atoms in total. The summed E-state index contributed by atoms with van der Waals surface area (Å²) in [6, 6.07) is 13.1. The monoisotopic (exact) mass is 360 g/mol. The molecule has 1 aromatic heterocycles. The third kappa shape index (κ3) is 4.50. The summed E-state index contributed by atoms with van der Waals surface area (Å²) in [5.74, 6) is 0.920. The van der Waals surface area contributed by atoms with Crippen LogP contribution in [0.15, 0.2) is 60.9 Å². The molecule has 0 saturated heterocycles. The second-order valence-electron chi connectivity index (χ2n) is 5.32. The van der Waals surface area contributed by atoms with E-state index in [-0.39, 0.29) is 5.75 Å². The number of hydrogen-bond acceptors (Lipinski definition) is 4. The van der Waals surface area contributed by atoms with Gasteiger partial charge < -0.3 is 9.47 Å². The zero-order valence-electron chi connectivity index (χ0n) is 13.8. The SMILES string of the molecule is CCOc1cnc(-c2ccc(-c3ccc(OC(F)(F)F)cc3)cc2)nc1. The minimum absolute atomic E-state index is 0.249. The highest BCUT2D eigenvalue weighted by atomic mass is 19.4. The van der Waals surface area contributed by atoms with Crippen molar-refractivity contribution in [1.29, 1.82) is 0 Å². The molecule has 0 unspecified atom stereocenters. The Labute approximate surface area is 148 Å². The van der Waals surface area contributed by atoms with Crippen molar-refractivity contribution < 1.29 is 22.6 Å². The van der Waals surface area contributed by atoms with Gasteiger partial charge in [0.15, 0.2) is 11.6 Å². The smallest absolute Gasteiger partial charge is 0.491 e. The molecule has 3 aromatic rings. The topological polar surface area (TPSA) is 44.2 Å². The molecule has 0 saturated carbocycles. The van der Waals surface area contributed by atoms with Gasteiger partial charge in [-0.2, -0.15) is 0 Å². The number of alkyl halides is 3. The summed E-state index contributed by atoms with van der Waals surface area (Å²) in [6.07, 6.45) is -1.47. The van der Waals surface area contributed by atoms with E-state index < -0.39 is 6.36 Å². The lowest BCUT2D eigenvalue weighted by Crippen LogP contribution is -2.16. The minimum Gasteiger partial charge on any atom is -0.491 e. The number of aromatic nitrogens is 2. The third-order valence-electron chi connectivity index (χ3n) is 3.50. The van der Waals surface area contributed by atoms with E-state index in [0.717, 1.165) is 16.7 Å². The third-order valence-corrected chi connectivity index (χ3v) is 3.50. The van der Waals surface area contributed by atoms with Crippen LogP contribution in [0, 0.1) is 0 Å². The Balaban J connectivity index is 1.74. The van der Waals surface area contributed by atoms with Crippen molar-refractivity contribution in [3.05, 3.63) is 60.9 Å². The van der Waals surface area contributed by atoms with E-state index >= 15 is 0 Å². The van der Waals surface area contributed by atoms with Crippen LogP contribution in [-0.4, -0.2) is 22.9 Å². The Hall–Kier alpha value is -3.09. The van der Waals surface area contributed by atoms with Gasteiger partial charge in [-0.15, -0.1) is 13.2 Å². The molecule has 0 atom stereocenters. The van der Waals surface area contributed by atoms with Gasteiger partial charge in [0.1, 0.15) is 5.75 Å². The van der Waals surface area contributed by atoms with Crippen LogP contribution in [0.2, 0.25) is 0 Å². The average molecular weight is 360 g/mol. The molecule has 3 rings (SSSR count). The summed E-state index contributed by atoms with van der Waals surface area (Å²) in [5.41, 5.74) is 2.46. The highest BCUT2D eigenvalue weighted by Gasteiger charge is 2.30. The van der Waals surface area contributed by atoms with E-state index in [4.69, 9.17) is 4.74 Å². The average Bonchev–Trinajstić information content (AvgIpc) is 2.62. The summed E-state index contributed by atoms with van der Waals surface area (Å²) in [5, 5.41) is 0. The number of rotatable bonds is 5. The van der Waals surface area contributed by atoms with E-state index in [9.17, 15) is 13.2 Å². The lowest BCUT2D eigenvalue weighted by atomic mass is 10.0. The fourth-order valence-corrected chi connectivity index (χ4v) is 2.37. The molecule has 0 aliphatic heterocycles. The predicted octanol–water partition coefficient (Wildman–Crippen LogP) is 5.11. The van der Waals surface area contributed by atoms with Crippen LogP contribution >= 0.6 is 0 Å². The van der Waals surface area contributed by atoms with Gasteiger partial charge in [0.05, 0.1) is 19.0 Å². The first-order valence-corrected chi connectivity index (χ1v) is 7.86. The highest BCUT2D eigenvalue weighted by Crippen LogP contribution is 2.27. The Morgan fingerprint density at radius 2 is 1.27 bits per heavy atom. The van der Waals surface area contributed by atoms with Crippen LogP contribution in [0.5, 0.6) is 11.5 Å². The van der Waals surface area contributed by atoms with Crippen molar-refractivity contribution in [2.24, 2.45) is 0 Å². The second kappa shape index (κ2) is 7.43. The summed E-state index contributed by atoms with van der Waals surface area (Å²) >= 11 is 0. The van der Waals surface area contributed by atoms with Gasteiger partial charge in [0.2, 0.25) is 0 Å². The van der Waals surface area contributed by atoms with Gasteiger partial charge in [-0.25, -0.2) is 9.97 Å². The van der Waals surface area contributed by atoms with Crippen molar-refractivity contribution in [2.75, 3.05) is 6.61 Å². The van der Waals surface area contributed by atoms with E-state index in [2.05, 4.69) is 14.7 Å². The standard InChI is InChI=1S/C19H15F3N2O2/c1-2-25-17-11-23-18(24-12-17)15-5-3-13(4-6-15)14-7-9-16(10-8-14)26-19(20,21)22/h3-12H,2H2,1H3. The first kappa shape index (κ1) is 17.7. The molecule has 1 heterocycles. The number of ether oxygens (including phenoxy) is 2. The van der Waals surface area contributed by atoms with Crippen molar-refractivity contribution in [3.63, 3.8) is 0 Å². The molecule has 7 heteroatoms. The zero-order valence-corrected chi connectivity index (χ0v) is 13.8. The van der Waals surface area contributed by atoms with Crippen LogP contribution in [0.25, 0.3) is 22.5 Å². The fraction of sp³-hybridized carbons (Fsp3) is 0.158. The molecule has 0 fully saturated rings. The van der Waals surface area contributed by atoms with Crippen LogP contribution < -0.4 is 9.47 Å². The van der Waals surface area contributed by atoms with Crippen molar-refractivity contribution in [3.8, 4) is 34.0 Å². The largest absolute Gasteiger partial charge is 0.573 e. The lowest BCUT2D eigenvalue weighted by Gasteiger charge is -2.09. The molecule has 0 radical (unpaired) electrons. The van der Waals surface area contributed by atoms with Gasteiger partial charge >= 0.3 is 6.36 Å². The maximum absolute atomic E-state index is 12.2. The quantitative estimate of drug-likeness (QED) is 0.634. The first-order chi connectivity index (χ1) is 12.4. The van der Waals surface area contributed by atoms with Gasteiger partial charge in [0.25, 0.3) is 0 Å². The molecule has 26 heavy (non-hydrogen) atoms. The molecule has 0 N–H and O–H groups in total. The molecule has 0 aliphatic carbocycles.